The van der Waals surface area contributed by atoms with Crippen molar-refractivity contribution < 1.29 is 0 Å². The van der Waals surface area contributed by atoms with E-state index in [1.165, 1.54) is 4.91 Å². The lowest BCUT2D eigenvalue weighted by Gasteiger charge is -2.05. The van der Waals surface area contributed by atoms with E-state index in [4.69, 9.17) is 0 Å². The Bertz CT molecular complexity index is 136. The summed E-state index contributed by atoms with van der Waals surface area (Å²) in [4.78, 5) is 5.28. The molecule has 0 aromatic heterocycles. The van der Waals surface area contributed by atoms with Gasteiger partial charge in [0.25, 0.3) is 0 Å². The van der Waals surface area contributed by atoms with E-state index in [9.17, 15) is 0 Å². The third-order valence-electron chi connectivity index (χ3n) is 1.15. The molecule has 10 heavy (non-hydrogen) atoms. The van der Waals surface area contributed by atoms with E-state index in [0.29, 0.717) is 5.92 Å². The molecule has 0 fully saturated rings. The molecule has 2 heteroatoms. The molecule has 0 radical (unpaired) electrons. The summed E-state index contributed by atoms with van der Waals surface area (Å²) < 4.78 is 0. The molecule has 0 amide bonds. The van der Waals surface area contributed by atoms with Crippen molar-refractivity contribution in [3.05, 3.63) is 11.0 Å². The second-order valence-corrected chi connectivity index (χ2v) is 3.25. The summed E-state index contributed by atoms with van der Waals surface area (Å²) in [5.74, 6) is 0.619. The van der Waals surface area contributed by atoms with Gasteiger partial charge < -0.3 is 0 Å². The van der Waals surface area contributed by atoms with Crippen molar-refractivity contribution in [2.75, 3.05) is 7.05 Å². The Balaban J connectivity index is 3.86. The topological polar surface area (TPSA) is 12.4 Å². The summed E-state index contributed by atoms with van der Waals surface area (Å²) in [6.45, 7) is 6.43. The monoisotopic (exact) mass is 157 g/mol. The maximum Gasteiger partial charge on any atom is 0.0582 e. The molecule has 0 atom stereocenters. The van der Waals surface area contributed by atoms with Gasteiger partial charge in [0.2, 0.25) is 0 Å². The maximum absolute atomic E-state index is 3.90. The molecule has 0 saturated carbocycles. The molecule has 58 valence electrons. The minimum atomic E-state index is 0.619. The van der Waals surface area contributed by atoms with Crippen molar-refractivity contribution in [1.82, 2.24) is 0 Å². The van der Waals surface area contributed by atoms with Crippen LogP contribution in [0.15, 0.2) is 16.0 Å². The number of nitrogens with zero attached hydrogens (tertiary/aromatic N) is 1. The summed E-state index contributed by atoms with van der Waals surface area (Å²) >= 11 is 1.70. The standard InChI is InChI=1S/C8H15NS/c1-5-8(7(2)3)10-6-9-4/h5-7H,1-4H3/b8-5-,9-6?. The lowest BCUT2D eigenvalue weighted by atomic mass is 10.2. The highest BCUT2D eigenvalue weighted by Gasteiger charge is 1.99. The number of allylic oxidation sites excluding steroid dienone is 2. The van der Waals surface area contributed by atoms with Crippen LogP contribution in [0, 0.1) is 5.92 Å². The first kappa shape index (κ1) is 9.76. The first-order valence-corrected chi connectivity index (χ1v) is 4.33. The Kier molecular flexibility index (Phi) is 5.40. The van der Waals surface area contributed by atoms with Crippen LogP contribution in [0.2, 0.25) is 0 Å². The van der Waals surface area contributed by atoms with Crippen molar-refractivity contribution in [2.45, 2.75) is 20.8 Å². The van der Waals surface area contributed by atoms with Crippen LogP contribution >= 0.6 is 11.8 Å². The highest BCUT2D eigenvalue weighted by Crippen LogP contribution is 2.21. The van der Waals surface area contributed by atoms with Gasteiger partial charge in [0.15, 0.2) is 0 Å². The van der Waals surface area contributed by atoms with Crippen molar-refractivity contribution >= 4 is 17.3 Å². The van der Waals surface area contributed by atoms with Crippen LogP contribution in [0.25, 0.3) is 0 Å². The molecule has 0 rings (SSSR count). The number of hydrogen-bond donors (Lipinski definition) is 0. The van der Waals surface area contributed by atoms with Gasteiger partial charge in [0.1, 0.15) is 0 Å². The Morgan fingerprint density at radius 2 is 2.10 bits per heavy atom. The second-order valence-electron chi connectivity index (χ2n) is 2.33. The van der Waals surface area contributed by atoms with Crippen LogP contribution in [0.3, 0.4) is 0 Å². The van der Waals surface area contributed by atoms with Gasteiger partial charge in [-0.25, -0.2) is 0 Å². The molecule has 0 unspecified atom stereocenters. The molecule has 0 N–H and O–H groups in total. The van der Waals surface area contributed by atoms with Gasteiger partial charge in [0, 0.05) is 7.05 Å². The molecule has 0 aliphatic heterocycles. The zero-order chi connectivity index (χ0) is 7.98. The van der Waals surface area contributed by atoms with E-state index < -0.39 is 0 Å². The third kappa shape index (κ3) is 3.72. The fourth-order valence-electron chi connectivity index (χ4n) is 0.651. The number of rotatable bonds is 3. The van der Waals surface area contributed by atoms with Gasteiger partial charge in [-0.3, -0.25) is 4.99 Å². The first-order valence-electron chi connectivity index (χ1n) is 3.45. The Labute approximate surface area is 67.6 Å². The molecule has 0 aromatic rings. The lowest BCUT2D eigenvalue weighted by Crippen LogP contribution is -1.88. The molecule has 0 aromatic carbocycles. The van der Waals surface area contributed by atoms with E-state index in [1.807, 2.05) is 5.55 Å². The van der Waals surface area contributed by atoms with Crippen LogP contribution in [0.4, 0.5) is 0 Å². The summed E-state index contributed by atoms with van der Waals surface area (Å²) in [6.07, 6.45) is 2.14. The van der Waals surface area contributed by atoms with Crippen molar-refractivity contribution in [3.8, 4) is 0 Å². The van der Waals surface area contributed by atoms with Gasteiger partial charge in [0.05, 0.1) is 5.55 Å². The SMILES string of the molecule is C/C=C(\SC=NC)C(C)C. The predicted octanol–water partition coefficient (Wildman–Crippen LogP) is 2.94. The first-order chi connectivity index (χ1) is 4.72. The number of aliphatic imine (C=N–C) groups is 1. The molecular formula is C8H15NS. The van der Waals surface area contributed by atoms with E-state index >= 15 is 0 Å². The van der Waals surface area contributed by atoms with Gasteiger partial charge in [-0.1, -0.05) is 31.7 Å². The molecule has 0 bridgehead atoms. The van der Waals surface area contributed by atoms with Crippen molar-refractivity contribution in [2.24, 2.45) is 10.9 Å². The smallest absolute Gasteiger partial charge is 0.0582 e. The minimum absolute atomic E-state index is 0.619. The Morgan fingerprint density at radius 3 is 2.40 bits per heavy atom. The molecule has 0 aliphatic carbocycles. The van der Waals surface area contributed by atoms with Crippen LogP contribution < -0.4 is 0 Å². The predicted molar refractivity (Wildman–Crippen MR) is 50.6 cm³/mol. The zero-order valence-electron chi connectivity index (χ0n) is 7.09. The molecular weight excluding hydrogens is 142 g/mol. The summed E-state index contributed by atoms with van der Waals surface area (Å²) in [5.41, 5.74) is 1.87. The van der Waals surface area contributed by atoms with Crippen molar-refractivity contribution in [1.29, 1.82) is 0 Å². The normalized spacial score (nSPS) is 13.5. The van der Waals surface area contributed by atoms with Gasteiger partial charge in [-0.05, 0) is 17.7 Å². The highest BCUT2D eigenvalue weighted by molar-refractivity contribution is 8.15. The number of hydrogen-bond acceptors (Lipinski definition) is 2. The van der Waals surface area contributed by atoms with Crippen LogP contribution in [-0.2, 0) is 0 Å². The largest absolute Gasteiger partial charge is 0.289 e. The van der Waals surface area contributed by atoms with E-state index in [1.54, 1.807) is 18.8 Å². The van der Waals surface area contributed by atoms with Crippen LogP contribution in [0.5, 0.6) is 0 Å². The van der Waals surface area contributed by atoms with Crippen LogP contribution in [-0.4, -0.2) is 12.6 Å². The maximum atomic E-state index is 3.90. The molecule has 0 spiro atoms. The fourth-order valence-corrected chi connectivity index (χ4v) is 1.29. The summed E-state index contributed by atoms with van der Waals surface area (Å²) in [7, 11) is 1.79. The van der Waals surface area contributed by atoms with Crippen molar-refractivity contribution in [3.63, 3.8) is 0 Å². The molecule has 0 aliphatic rings. The summed E-state index contributed by atoms with van der Waals surface area (Å²) in [5, 5.41) is 0. The lowest BCUT2D eigenvalue weighted by molar-refractivity contribution is 0.816. The molecule has 0 heterocycles. The molecule has 0 saturated heterocycles. The second kappa shape index (κ2) is 5.54. The zero-order valence-corrected chi connectivity index (χ0v) is 7.90. The average molecular weight is 157 g/mol. The molecule has 1 nitrogen and oxygen atoms in total. The fraction of sp³-hybridized carbons (Fsp3) is 0.625. The van der Waals surface area contributed by atoms with Crippen LogP contribution in [0.1, 0.15) is 20.8 Å². The average Bonchev–Trinajstić information content (AvgIpc) is 1.89. The minimum Gasteiger partial charge on any atom is -0.289 e. The van der Waals surface area contributed by atoms with E-state index in [2.05, 4.69) is 31.8 Å². The third-order valence-corrected chi connectivity index (χ3v) is 2.44. The summed E-state index contributed by atoms with van der Waals surface area (Å²) in [6, 6.07) is 0. The van der Waals surface area contributed by atoms with Gasteiger partial charge >= 0.3 is 0 Å². The Hall–Kier alpha value is -0.240. The van der Waals surface area contributed by atoms with E-state index in [0.717, 1.165) is 0 Å². The Morgan fingerprint density at radius 1 is 1.50 bits per heavy atom. The number of thioether (sulfide) groups is 1. The quantitative estimate of drug-likeness (QED) is 0.453. The van der Waals surface area contributed by atoms with Gasteiger partial charge in [-0.2, -0.15) is 0 Å². The van der Waals surface area contributed by atoms with Gasteiger partial charge in [-0.15, -0.1) is 0 Å². The van der Waals surface area contributed by atoms with E-state index in [-0.39, 0.29) is 0 Å². The highest BCUT2D eigenvalue weighted by atomic mass is 32.2.